The smallest absolute Gasteiger partial charge is 0.415 e. The van der Waals surface area contributed by atoms with E-state index in [1.165, 1.54) is 30.7 Å². The van der Waals surface area contributed by atoms with Gasteiger partial charge in [-0.3, -0.25) is 15.0 Å². The van der Waals surface area contributed by atoms with Gasteiger partial charge in [0.1, 0.15) is 0 Å². The molecule has 0 radical (unpaired) electrons. The van der Waals surface area contributed by atoms with Crippen LogP contribution in [0, 0.1) is 15.5 Å². The molecule has 1 unspecified atom stereocenters. The van der Waals surface area contributed by atoms with E-state index in [4.69, 9.17) is 4.42 Å². The summed E-state index contributed by atoms with van der Waals surface area (Å²) in [6, 6.07) is 5.78. The second-order valence-electron chi connectivity index (χ2n) is 8.90. The van der Waals surface area contributed by atoms with Gasteiger partial charge in [0.25, 0.3) is 5.69 Å². The van der Waals surface area contributed by atoms with Crippen LogP contribution in [0.25, 0.3) is 11.5 Å². The second kappa shape index (κ2) is 9.42. The van der Waals surface area contributed by atoms with E-state index in [9.17, 15) is 20.0 Å². The molecule has 0 bridgehead atoms. The highest BCUT2D eigenvalue weighted by Crippen LogP contribution is 2.30. The molecule has 0 saturated carbocycles. The van der Waals surface area contributed by atoms with E-state index in [-0.39, 0.29) is 35.6 Å². The minimum Gasteiger partial charge on any atom is -0.465 e. The fourth-order valence-electron chi connectivity index (χ4n) is 4.08. The van der Waals surface area contributed by atoms with Gasteiger partial charge in [0.05, 0.1) is 4.92 Å². The number of carbonyl (C=O) groups is 1. The minimum absolute atomic E-state index is 0.000270. The quantitative estimate of drug-likeness (QED) is 0.504. The van der Waals surface area contributed by atoms with Gasteiger partial charge in [-0.2, -0.15) is 0 Å². The van der Waals surface area contributed by atoms with Crippen molar-refractivity contribution in [3.63, 3.8) is 0 Å². The van der Waals surface area contributed by atoms with E-state index in [1.54, 1.807) is 0 Å². The molecular formula is C21H29N5O5. The lowest BCUT2D eigenvalue weighted by Crippen LogP contribution is -2.48. The van der Waals surface area contributed by atoms with Crippen molar-refractivity contribution >= 4 is 17.8 Å². The van der Waals surface area contributed by atoms with Gasteiger partial charge in [-0.25, -0.2) is 9.69 Å². The van der Waals surface area contributed by atoms with E-state index >= 15 is 0 Å². The molecule has 0 aliphatic carbocycles. The number of carboxylic acid groups (broad SMARTS) is 1. The number of nitro groups is 1. The van der Waals surface area contributed by atoms with Gasteiger partial charge >= 0.3 is 12.1 Å². The highest BCUT2D eigenvalue weighted by molar-refractivity contribution is 5.83. The summed E-state index contributed by atoms with van der Waals surface area (Å²) in [4.78, 5) is 25.8. The molecule has 1 amide bonds. The van der Waals surface area contributed by atoms with E-state index in [0.29, 0.717) is 12.0 Å². The lowest BCUT2D eigenvalue weighted by molar-refractivity contribution is -0.384. The first kappa shape index (κ1) is 22.7. The third-order valence-electron chi connectivity index (χ3n) is 5.66. The average Bonchev–Trinajstić information content (AvgIpc) is 3.20. The maximum Gasteiger partial charge on any atom is 0.415 e. The fourth-order valence-corrected chi connectivity index (χ4v) is 4.08. The van der Waals surface area contributed by atoms with Crippen LogP contribution in [0.5, 0.6) is 0 Å². The van der Waals surface area contributed by atoms with Crippen LogP contribution in [-0.4, -0.2) is 56.9 Å². The number of piperidine rings is 1. The molecule has 1 aromatic carbocycles. The number of anilines is 1. The molecule has 10 heteroatoms. The summed E-state index contributed by atoms with van der Waals surface area (Å²) in [6.45, 7) is 8.82. The Morgan fingerprint density at radius 2 is 1.87 bits per heavy atom. The zero-order chi connectivity index (χ0) is 22.6. The molecule has 1 atom stereocenters. The number of benzene rings is 1. The third-order valence-corrected chi connectivity index (χ3v) is 5.66. The lowest BCUT2D eigenvalue weighted by atomic mass is 9.82. The maximum absolute atomic E-state index is 11.9. The van der Waals surface area contributed by atoms with Crippen molar-refractivity contribution in [2.24, 2.45) is 5.41 Å². The fraction of sp³-hybridized carbons (Fsp3) is 0.571. The van der Waals surface area contributed by atoms with Gasteiger partial charge in [0.2, 0.25) is 5.89 Å². The van der Waals surface area contributed by atoms with Crippen molar-refractivity contribution in [1.82, 2.24) is 15.1 Å². The largest absolute Gasteiger partial charge is 0.465 e. The Bertz CT molecular complexity index is 900. The van der Waals surface area contributed by atoms with Gasteiger partial charge in [0.15, 0.2) is 0 Å². The molecule has 1 saturated heterocycles. The highest BCUT2D eigenvalue weighted by Gasteiger charge is 2.33. The Morgan fingerprint density at radius 1 is 1.23 bits per heavy atom. The second-order valence-corrected chi connectivity index (χ2v) is 8.90. The van der Waals surface area contributed by atoms with Gasteiger partial charge < -0.3 is 9.52 Å². The van der Waals surface area contributed by atoms with Gasteiger partial charge in [-0.1, -0.05) is 32.3 Å². The van der Waals surface area contributed by atoms with E-state index in [0.717, 1.165) is 30.8 Å². The molecule has 31 heavy (non-hydrogen) atoms. The number of non-ortho nitro benzene ring substituents is 1. The topological polar surface area (TPSA) is 126 Å². The van der Waals surface area contributed by atoms with Crippen LogP contribution in [0.1, 0.15) is 46.5 Å². The molecule has 2 aromatic rings. The third kappa shape index (κ3) is 5.57. The SMILES string of the molecule is CC(C)(C)C(CCN(C(=O)O)c1nnc(-c2ccc([N+](=O)[O-])cc2)o1)N1CCCCC1. The van der Waals surface area contributed by atoms with Crippen LogP contribution in [0.4, 0.5) is 16.5 Å². The summed E-state index contributed by atoms with van der Waals surface area (Å²) in [5.41, 5.74) is 0.428. The summed E-state index contributed by atoms with van der Waals surface area (Å²) in [5, 5.41) is 28.4. The Labute approximate surface area is 181 Å². The molecule has 1 N–H and O–H groups in total. The van der Waals surface area contributed by atoms with Gasteiger partial charge in [-0.15, -0.1) is 5.10 Å². The first-order valence-corrected chi connectivity index (χ1v) is 10.5. The number of nitro benzene ring substituents is 1. The van der Waals surface area contributed by atoms with Crippen LogP contribution < -0.4 is 4.90 Å². The minimum atomic E-state index is -1.16. The highest BCUT2D eigenvalue weighted by atomic mass is 16.6. The van der Waals surface area contributed by atoms with Crippen LogP contribution in [0.2, 0.25) is 0 Å². The predicted octanol–water partition coefficient (Wildman–Crippen LogP) is 4.42. The Hall–Kier alpha value is -3.01. The molecular weight excluding hydrogens is 402 g/mol. The number of amides is 1. The number of nitrogens with zero attached hydrogens (tertiary/aromatic N) is 5. The molecule has 1 fully saturated rings. The predicted molar refractivity (Wildman–Crippen MR) is 115 cm³/mol. The van der Waals surface area contributed by atoms with Crippen LogP contribution in [0.3, 0.4) is 0 Å². The number of rotatable bonds is 7. The number of likely N-dealkylation sites (tertiary alicyclic amines) is 1. The molecule has 168 valence electrons. The van der Waals surface area contributed by atoms with E-state index in [1.807, 2.05) is 0 Å². The zero-order valence-electron chi connectivity index (χ0n) is 18.2. The van der Waals surface area contributed by atoms with Crippen molar-refractivity contribution in [2.75, 3.05) is 24.5 Å². The number of hydrogen-bond acceptors (Lipinski definition) is 7. The zero-order valence-corrected chi connectivity index (χ0v) is 18.2. The van der Waals surface area contributed by atoms with Crippen LogP contribution in [0.15, 0.2) is 28.7 Å². The summed E-state index contributed by atoms with van der Waals surface area (Å²) in [7, 11) is 0. The monoisotopic (exact) mass is 431 g/mol. The van der Waals surface area contributed by atoms with E-state index < -0.39 is 11.0 Å². The van der Waals surface area contributed by atoms with Crippen LogP contribution in [-0.2, 0) is 0 Å². The number of aromatic nitrogens is 2. The molecule has 2 heterocycles. The van der Waals surface area contributed by atoms with Gasteiger partial charge in [0, 0.05) is 30.3 Å². The van der Waals surface area contributed by atoms with Crippen molar-refractivity contribution in [3.05, 3.63) is 34.4 Å². The summed E-state index contributed by atoms with van der Waals surface area (Å²) in [5.74, 6) is 0.111. The maximum atomic E-state index is 11.9. The molecule has 1 aliphatic rings. The number of hydrogen-bond donors (Lipinski definition) is 1. The molecule has 1 aromatic heterocycles. The first-order chi connectivity index (χ1) is 14.7. The summed E-state index contributed by atoms with van der Waals surface area (Å²) >= 11 is 0. The first-order valence-electron chi connectivity index (χ1n) is 10.5. The molecule has 10 nitrogen and oxygen atoms in total. The van der Waals surface area contributed by atoms with Crippen molar-refractivity contribution in [1.29, 1.82) is 0 Å². The van der Waals surface area contributed by atoms with Crippen molar-refractivity contribution < 1.29 is 19.2 Å². The summed E-state index contributed by atoms with van der Waals surface area (Å²) < 4.78 is 5.60. The van der Waals surface area contributed by atoms with Crippen molar-refractivity contribution in [3.8, 4) is 11.5 Å². The summed E-state index contributed by atoms with van der Waals surface area (Å²) in [6.07, 6.45) is 3.05. The Balaban J connectivity index is 1.74. The Morgan fingerprint density at radius 3 is 2.42 bits per heavy atom. The van der Waals surface area contributed by atoms with Crippen LogP contribution >= 0.6 is 0 Å². The molecule has 0 spiro atoms. The van der Waals surface area contributed by atoms with Gasteiger partial charge in [-0.05, 0) is 49.9 Å². The van der Waals surface area contributed by atoms with E-state index in [2.05, 4.69) is 35.9 Å². The van der Waals surface area contributed by atoms with Crippen molar-refractivity contribution in [2.45, 2.75) is 52.5 Å². The lowest BCUT2D eigenvalue weighted by Gasteiger charge is -2.42. The molecule has 3 rings (SSSR count). The molecule has 1 aliphatic heterocycles. The average molecular weight is 431 g/mol. The normalized spacial score (nSPS) is 16.1. The Kier molecular flexibility index (Phi) is 6.89. The standard InChI is InChI=1S/C21H29N5O5/c1-21(2,3)17(24-12-5-4-6-13-24)11-14-25(20(27)28)19-23-22-18(31-19)15-7-9-16(10-8-15)26(29)30/h7-10,17H,4-6,11-14H2,1-3H3,(H,27,28).